The smallest absolute Gasteiger partial charge is 1.00 e. The third kappa shape index (κ3) is 8.81. The van der Waals surface area contributed by atoms with Crippen LogP contribution in [0.15, 0.2) is 0 Å². The Kier molecular flexibility index (Phi) is 17.1. The summed E-state index contributed by atoms with van der Waals surface area (Å²) >= 11 is 4.80. The van der Waals surface area contributed by atoms with Gasteiger partial charge in [0.1, 0.15) is 0 Å². The number of carboxylic acids is 3. The van der Waals surface area contributed by atoms with Crippen molar-refractivity contribution in [3.63, 3.8) is 0 Å². The third-order valence-corrected chi connectivity index (χ3v) is 1.71. The molecule has 0 saturated carbocycles. The molecule has 0 aromatic carbocycles. The summed E-state index contributed by atoms with van der Waals surface area (Å²) in [7, 11) is 0. The Morgan fingerprint density at radius 1 is 1.12 bits per heavy atom. The van der Waals surface area contributed by atoms with Crippen LogP contribution >= 0.6 is 11.9 Å². The normalized spacial score (nSPS) is 9.00. The van der Waals surface area contributed by atoms with Crippen molar-refractivity contribution < 1.29 is 82.0 Å². The van der Waals surface area contributed by atoms with Crippen LogP contribution < -0.4 is 35.7 Å². The summed E-state index contributed by atoms with van der Waals surface area (Å²) in [6.07, 6.45) is -2.06. The maximum atomic E-state index is 10.6. The minimum absolute atomic E-state index is 0. The first-order valence-electron chi connectivity index (χ1n) is 3.31. The molecule has 0 spiro atoms. The molecule has 0 amide bonds. The minimum atomic E-state index is -2.43. The quantitative estimate of drug-likeness (QED) is 0.382. The van der Waals surface area contributed by atoms with Crippen molar-refractivity contribution in [2.45, 2.75) is 18.4 Å². The van der Waals surface area contributed by atoms with E-state index in [1.165, 1.54) is 0 Å². The summed E-state index contributed by atoms with van der Waals surface area (Å²) in [5, 5.41) is 25.3. The molecule has 0 aliphatic carbocycles. The van der Waals surface area contributed by atoms with Crippen molar-refractivity contribution in [3.8, 4) is 0 Å². The first-order chi connectivity index (χ1) is 6.34. The number of carbonyl (C=O) groups is 3. The first-order valence-corrected chi connectivity index (χ1v) is 3.61. The first kappa shape index (κ1) is 25.9. The van der Waals surface area contributed by atoms with Gasteiger partial charge in [0.2, 0.25) is 5.60 Å². The molecule has 0 bridgehead atoms. The van der Waals surface area contributed by atoms with Crippen molar-refractivity contribution in [2.24, 2.45) is 0 Å². The van der Waals surface area contributed by atoms with Gasteiger partial charge in [-0.2, -0.15) is 0 Å². The number of rotatable bonds is 6. The Bertz CT molecular complexity index is 267. The SMILES string of the molecule is N.O=C(O)CC(CC(=O)O)(OCl)C(=O)O.[Fe].[H-].[Na+]. The van der Waals surface area contributed by atoms with Gasteiger partial charge < -0.3 is 22.9 Å². The fraction of sp³-hybridized carbons (Fsp3) is 0.500. The molecule has 0 unspecified atom stereocenters. The molecular formula is C6H11ClFeNNaO7. The molecule has 0 atom stereocenters. The number of hydrogen-bond donors (Lipinski definition) is 4. The fourth-order valence-corrected chi connectivity index (χ4v) is 0.965. The van der Waals surface area contributed by atoms with Gasteiger partial charge in [0, 0.05) is 17.1 Å². The molecule has 0 aliphatic heterocycles. The van der Waals surface area contributed by atoms with Crippen LogP contribution in [0, 0.1) is 0 Å². The molecule has 98 valence electrons. The zero-order valence-electron chi connectivity index (χ0n) is 9.83. The Balaban J connectivity index is -0.000000141. The van der Waals surface area contributed by atoms with Crippen molar-refractivity contribution in [1.82, 2.24) is 6.15 Å². The number of carboxylic acid groups (broad SMARTS) is 3. The van der Waals surface area contributed by atoms with Crippen LogP contribution in [0.1, 0.15) is 14.3 Å². The Morgan fingerprint density at radius 3 is 1.53 bits per heavy atom. The van der Waals surface area contributed by atoms with Gasteiger partial charge in [0.05, 0.1) is 24.7 Å². The number of aliphatic carboxylic acids is 3. The van der Waals surface area contributed by atoms with Crippen molar-refractivity contribution in [2.75, 3.05) is 0 Å². The molecule has 17 heavy (non-hydrogen) atoms. The largest absolute Gasteiger partial charge is 1.00 e. The van der Waals surface area contributed by atoms with Gasteiger partial charge in [0.15, 0.2) is 0 Å². The van der Waals surface area contributed by atoms with E-state index in [4.69, 9.17) is 27.2 Å². The topological polar surface area (TPSA) is 156 Å². The Labute approximate surface area is 136 Å². The summed E-state index contributed by atoms with van der Waals surface area (Å²) in [5.74, 6) is -4.78. The van der Waals surface area contributed by atoms with Gasteiger partial charge in [0.25, 0.3) is 0 Å². The molecule has 0 saturated heterocycles. The molecule has 0 fully saturated rings. The second kappa shape index (κ2) is 11.2. The van der Waals surface area contributed by atoms with E-state index < -0.39 is 36.4 Å². The molecule has 6 N–H and O–H groups in total. The summed E-state index contributed by atoms with van der Waals surface area (Å²) in [6, 6.07) is 0. The van der Waals surface area contributed by atoms with Gasteiger partial charge in [-0.1, -0.05) is 0 Å². The zero-order valence-corrected chi connectivity index (χ0v) is 12.7. The van der Waals surface area contributed by atoms with Crippen molar-refractivity contribution >= 4 is 29.8 Å². The summed E-state index contributed by atoms with van der Waals surface area (Å²) < 4.78 is 3.93. The Morgan fingerprint density at radius 2 is 1.41 bits per heavy atom. The Hall–Kier alpha value is 0.139. The summed E-state index contributed by atoms with van der Waals surface area (Å²) in [6.45, 7) is 0. The number of hydrogen-bond acceptors (Lipinski definition) is 5. The third-order valence-electron chi connectivity index (χ3n) is 1.41. The molecular weight excluding hydrogens is 312 g/mol. The molecule has 0 rings (SSSR count). The van der Waals surface area contributed by atoms with Gasteiger partial charge in [-0.05, 0) is 0 Å². The monoisotopic (exact) mass is 323 g/mol. The molecule has 8 nitrogen and oxygen atoms in total. The average Bonchev–Trinajstić information content (AvgIpc) is 2.00. The second-order valence-electron chi connectivity index (χ2n) is 2.52. The zero-order chi connectivity index (χ0) is 11.4. The van der Waals surface area contributed by atoms with Crippen LogP contribution in [0.3, 0.4) is 0 Å². The van der Waals surface area contributed by atoms with E-state index in [9.17, 15) is 14.4 Å². The van der Waals surface area contributed by atoms with E-state index in [2.05, 4.69) is 4.29 Å². The van der Waals surface area contributed by atoms with Crippen LogP contribution in [0.4, 0.5) is 0 Å². The van der Waals surface area contributed by atoms with Crippen LogP contribution in [0.2, 0.25) is 0 Å². The van der Waals surface area contributed by atoms with Gasteiger partial charge >= 0.3 is 47.5 Å². The van der Waals surface area contributed by atoms with E-state index in [1.807, 2.05) is 0 Å². The van der Waals surface area contributed by atoms with Gasteiger partial charge in [-0.25, -0.2) is 4.79 Å². The van der Waals surface area contributed by atoms with Crippen molar-refractivity contribution in [1.29, 1.82) is 0 Å². The van der Waals surface area contributed by atoms with Crippen LogP contribution in [0.25, 0.3) is 0 Å². The van der Waals surface area contributed by atoms with E-state index in [1.54, 1.807) is 0 Å². The van der Waals surface area contributed by atoms with E-state index in [0.717, 1.165) is 0 Å². The van der Waals surface area contributed by atoms with Crippen LogP contribution in [-0.4, -0.2) is 38.8 Å². The molecule has 0 heterocycles. The van der Waals surface area contributed by atoms with Crippen LogP contribution in [-0.2, 0) is 35.7 Å². The summed E-state index contributed by atoms with van der Waals surface area (Å²) in [5.41, 5.74) is -2.43. The molecule has 0 aromatic rings. The standard InChI is InChI=1S/C6H7ClO7.Fe.H3N.Na.H/c7-14-6(5(12)13,1-3(8)9)2-4(10)11;;;;/h1-2H2,(H,8,9)(H,10,11)(H,12,13);;1H3;;/q;;;+1;-1. The molecule has 0 radical (unpaired) electrons. The van der Waals surface area contributed by atoms with E-state index in [0.29, 0.717) is 0 Å². The fourth-order valence-electron chi connectivity index (χ4n) is 0.790. The minimum Gasteiger partial charge on any atom is -1.00 e. The summed E-state index contributed by atoms with van der Waals surface area (Å²) in [4.78, 5) is 31.1. The maximum Gasteiger partial charge on any atom is 1.00 e. The average molecular weight is 323 g/mol. The molecule has 11 heteroatoms. The van der Waals surface area contributed by atoms with Gasteiger partial charge in [-0.3, -0.25) is 13.9 Å². The second-order valence-corrected chi connectivity index (χ2v) is 2.67. The maximum absolute atomic E-state index is 10.6. The molecule has 0 aromatic heterocycles. The predicted octanol–water partition coefficient (Wildman–Crippen LogP) is -2.79. The van der Waals surface area contributed by atoms with E-state index in [-0.39, 0.29) is 54.2 Å². The number of halogens is 1. The van der Waals surface area contributed by atoms with Crippen LogP contribution in [0.5, 0.6) is 0 Å². The van der Waals surface area contributed by atoms with E-state index >= 15 is 0 Å². The van der Waals surface area contributed by atoms with Crippen molar-refractivity contribution in [3.05, 3.63) is 0 Å². The molecule has 0 aliphatic rings. The predicted molar refractivity (Wildman–Crippen MR) is 47.9 cm³/mol. The van der Waals surface area contributed by atoms with Gasteiger partial charge in [-0.15, -0.1) is 0 Å².